The van der Waals surface area contributed by atoms with Gasteiger partial charge in [-0.15, -0.1) is 0 Å². The number of Topliss-reactive ketones (excluding diaryl/α,β-unsaturated/α-hetero) is 1. The first-order valence-electron chi connectivity index (χ1n) is 6.09. The summed E-state index contributed by atoms with van der Waals surface area (Å²) in [6, 6.07) is 4.56. The lowest BCUT2D eigenvalue weighted by Gasteiger charge is -2.22. The fourth-order valence-corrected chi connectivity index (χ4v) is 2.11. The summed E-state index contributed by atoms with van der Waals surface area (Å²) in [5.41, 5.74) is 5.89. The number of hydrogen-bond acceptors (Lipinski definition) is 3. The predicted octanol–water partition coefficient (Wildman–Crippen LogP) is 2.07. The standard InChI is InChI=1S/C14H18FNO2/c1-14(16,10-4-5-10)13(17)8-9-3-6-12(18-2)11(15)7-9/h3,6-7,10H,4-5,8,16H2,1-2H3. The summed E-state index contributed by atoms with van der Waals surface area (Å²) in [6.45, 7) is 1.77. The Morgan fingerprint density at radius 1 is 1.56 bits per heavy atom. The SMILES string of the molecule is COc1ccc(CC(=O)C(C)(N)C2CC2)cc1F. The van der Waals surface area contributed by atoms with Crippen LogP contribution in [0.1, 0.15) is 25.3 Å². The molecule has 0 amide bonds. The van der Waals surface area contributed by atoms with Gasteiger partial charge in [0, 0.05) is 6.42 Å². The number of benzene rings is 1. The van der Waals surface area contributed by atoms with Crippen LogP contribution in [-0.2, 0) is 11.2 Å². The maximum atomic E-state index is 13.5. The molecule has 3 nitrogen and oxygen atoms in total. The molecule has 0 heterocycles. The summed E-state index contributed by atoms with van der Waals surface area (Å²) in [7, 11) is 1.41. The molecule has 0 aliphatic heterocycles. The van der Waals surface area contributed by atoms with E-state index in [0.29, 0.717) is 5.56 Å². The molecule has 1 saturated carbocycles. The summed E-state index contributed by atoms with van der Waals surface area (Å²) in [5, 5.41) is 0. The third-order valence-electron chi connectivity index (χ3n) is 3.61. The maximum absolute atomic E-state index is 13.5. The van der Waals surface area contributed by atoms with Gasteiger partial charge in [-0.25, -0.2) is 4.39 Å². The van der Waals surface area contributed by atoms with Gasteiger partial charge in [-0.1, -0.05) is 6.07 Å². The molecule has 0 aromatic heterocycles. The van der Waals surface area contributed by atoms with Crippen molar-refractivity contribution in [1.82, 2.24) is 0 Å². The number of hydrogen-bond donors (Lipinski definition) is 1. The number of ether oxygens (including phenoxy) is 1. The Morgan fingerprint density at radius 3 is 2.72 bits per heavy atom. The van der Waals surface area contributed by atoms with Crippen LogP contribution < -0.4 is 10.5 Å². The van der Waals surface area contributed by atoms with Gasteiger partial charge >= 0.3 is 0 Å². The highest BCUT2D eigenvalue weighted by atomic mass is 19.1. The van der Waals surface area contributed by atoms with E-state index >= 15 is 0 Å². The van der Waals surface area contributed by atoms with Crippen LogP contribution in [0, 0.1) is 11.7 Å². The molecule has 1 aliphatic rings. The van der Waals surface area contributed by atoms with E-state index in [1.165, 1.54) is 19.2 Å². The zero-order chi connectivity index (χ0) is 13.3. The summed E-state index contributed by atoms with van der Waals surface area (Å²) in [5.74, 6) is -0.0143. The minimum atomic E-state index is -0.781. The lowest BCUT2D eigenvalue weighted by molar-refractivity contribution is -0.123. The van der Waals surface area contributed by atoms with E-state index in [2.05, 4.69) is 0 Å². The molecule has 1 atom stereocenters. The van der Waals surface area contributed by atoms with E-state index in [4.69, 9.17) is 10.5 Å². The molecular formula is C14H18FNO2. The van der Waals surface area contributed by atoms with Gasteiger partial charge in [0.1, 0.15) is 0 Å². The first-order valence-corrected chi connectivity index (χ1v) is 6.09. The molecule has 0 radical (unpaired) electrons. The Kier molecular flexibility index (Phi) is 3.39. The molecular weight excluding hydrogens is 233 g/mol. The summed E-state index contributed by atoms with van der Waals surface area (Å²) in [4.78, 5) is 12.1. The molecule has 0 spiro atoms. The van der Waals surface area contributed by atoms with Crippen LogP contribution in [0.4, 0.5) is 4.39 Å². The van der Waals surface area contributed by atoms with Crippen molar-refractivity contribution >= 4 is 5.78 Å². The fraction of sp³-hybridized carbons (Fsp3) is 0.500. The summed E-state index contributed by atoms with van der Waals surface area (Å²) >= 11 is 0. The largest absolute Gasteiger partial charge is 0.494 e. The number of nitrogens with two attached hydrogens (primary N) is 1. The summed E-state index contributed by atoms with van der Waals surface area (Å²) in [6.07, 6.45) is 2.19. The number of carbonyl (C=O) groups excluding carboxylic acids is 1. The van der Waals surface area contributed by atoms with Crippen molar-refractivity contribution in [3.8, 4) is 5.75 Å². The summed E-state index contributed by atoms with van der Waals surface area (Å²) < 4.78 is 18.3. The molecule has 0 bridgehead atoms. The van der Waals surface area contributed by atoms with Crippen molar-refractivity contribution in [1.29, 1.82) is 0 Å². The number of methoxy groups -OCH3 is 1. The average Bonchev–Trinajstić information content (AvgIpc) is 3.13. The van der Waals surface area contributed by atoms with Gasteiger partial charge in [0.05, 0.1) is 12.6 Å². The zero-order valence-corrected chi connectivity index (χ0v) is 10.7. The lowest BCUT2D eigenvalue weighted by Crippen LogP contribution is -2.47. The van der Waals surface area contributed by atoms with Crippen LogP contribution in [-0.4, -0.2) is 18.4 Å². The Hall–Kier alpha value is -1.42. The molecule has 1 fully saturated rings. The minimum absolute atomic E-state index is 0.0328. The molecule has 1 aromatic carbocycles. The number of carbonyl (C=O) groups is 1. The molecule has 0 saturated heterocycles. The second-order valence-corrected chi connectivity index (χ2v) is 5.13. The van der Waals surface area contributed by atoms with Crippen LogP contribution in [0.2, 0.25) is 0 Å². The monoisotopic (exact) mass is 251 g/mol. The highest BCUT2D eigenvalue weighted by molar-refractivity contribution is 5.90. The second kappa shape index (κ2) is 4.69. The molecule has 1 unspecified atom stereocenters. The third-order valence-corrected chi connectivity index (χ3v) is 3.61. The van der Waals surface area contributed by atoms with E-state index < -0.39 is 11.4 Å². The van der Waals surface area contributed by atoms with Gasteiger partial charge in [-0.2, -0.15) is 0 Å². The van der Waals surface area contributed by atoms with Gasteiger partial charge in [-0.3, -0.25) is 4.79 Å². The zero-order valence-electron chi connectivity index (χ0n) is 10.7. The van der Waals surface area contributed by atoms with Crippen LogP contribution in [0.25, 0.3) is 0 Å². The van der Waals surface area contributed by atoms with Crippen LogP contribution >= 0.6 is 0 Å². The molecule has 2 rings (SSSR count). The quantitative estimate of drug-likeness (QED) is 0.871. The Balaban J connectivity index is 2.09. The molecule has 4 heteroatoms. The number of halogens is 1. The van der Waals surface area contributed by atoms with Crippen LogP contribution in [0.5, 0.6) is 5.75 Å². The first kappa shape index (κ1) is 13.0. The fourth-order valence-electron chi connectivity index (χ4n) is 2.11. The highest BCUT2D eigenvalue weighted by Gasteiger charge is 2.43. The topological polar surface area (TPSA) is 52.3 Å². The Bertz CT molecular complexity index is 467. The number of rotatable bonds is 5. The first-order chi connectivity index (χ1) is 8.45. The van der Waals surface area contributed by atoms with Gasteiger partial charge in [0.25, 0.3) is 0 Å². The van der Waals surface area contributed by atoms with E-state index in [1.54, 1.807) is 13.0 Å². The number of ketones is 1. The van der Waals surface area contributed by atoms with Crippen LogP contribution in [0.15, 0.2) is 18.2 Å². The van der Waals surface area contributed by atoms with Crippen molar-refractivity contribution in [3.63, 3.8) is 0 Å². The highest BCUT2D eigenvalue weighted by Crippen LogP contribution is 2.39. The normalized spacial score (nSPS) is 18.2. The van der Waals surface area contributed by atoms with Gasteiger partial charge < -0.3 is 10.5 Å². The van der Waals surface area contributed by atoms with Crippen LogP contribution in [0.3, 0.4) is 0 Å². The average molecular weight is 251 g/mol. The molecule has 98 valence electrons. The van der Waals surface area contributed by atoms with Gasteiger partial charge in [0.2, 0.25) is 0 Å². The van der Waals surface area contributed by atoms with E-state index in [1.807, 2.05) is 0 Å². The van der Waals surface area contributed by atoms with E-state index in [9.17, 15) is 9.18 Å². The van der Waals surface area contributed by atoms with E-state index in [0.717, 1.165) is 12.8 Å². The smallest absolute Gasteiger partial charge is 0.165 e. The van der Waals surface area contributed by atoms with Crippen molar-refractivity contribution < 1.29 is 13.9 Å². The third kappa shape index (κ3) is 2.53. The van der Waals surface area contributed by atoms with Gasteiger partial charge in [-0.05, 0) is 43.4 Å². The Labute approximate surface area is 106 Å². The lowest BCUT2D eigenvalue weighted by atomic mass is 9.88. The maximum Gasteiger partial charge on any atom is 0.165 e. The molecule has 18 heavy (non-hydrogen) atoms. The minimum Gasteiger partial charge on any atom is -0.494 e. The van der Waals surface area contributed by atoms with Crippen molar-refractivity contribution in [2.45, 2.75) is 31.7 Å². The molecule has 2 N–H and O–H groups in total. The van der Waals surface area contributed by atoms with E-state index in [-0.39, 0.29) is 23.9 Å². The molecule has 1 aliphatic carbocycles. The predicted molar refractivity (Wildman–Crippen MR) is 67.0 cm³/mol. The molecule has 1 aromatic rings. The van der Waals surface area contributed by atoms with Crippen molar-refractivity contribution in [2.24, 2.45) is 11.7 Å². The Morgan fingerprint density at radius 2 is 2.22 bits per heavy atom. The van der Waals surface area contributed by atoms with Gasteiger partial charge in [0.15, 0.2) is 17.3 Å². The van der Waals surface area contributed by atoms with Crippen molar-refractivity contribution in [3.05, 3.63) is 29.6 Å². The second-order valence-electron chi connectivity index (χ2n) is 5.13. The van der Waals surface area contributed by atoms with Crippen molar-refractivity contribution in [2.75, 3.05) is 7.11 Å².